The molecule has 0 aliphatic carbocycles. The van der Waals surface area contributed by atoms with E-state index in [1.54, 1.807) is 36.7 Å². The minimum atomic E-state index is -0.927. The molecule has 0 radical (unpaired) electrons. The van der Waals surface area contributed by atoms with Crippen molar-refractivity contribution in [3.05, 3.63) is 41.6 Å². The number of hydrazone groups is 1. The molecule has 0 bridgehead atoms. The van der Waals surface area contributed by atoms with Gasteiger partial charge in [0.1, 0.15) is 0 Å². The van der Waals surface area contributed by atoms with E-state index in [2.05, 4.69) is 18.1 Å². The van der Waals surface area contributed by atoms with Crippen LogP contribution in [-0.4, -0.2) is 17.3 Å². The highest BCUT2D eigenvalue weighted by Gasteiger charge is 2.23. The lowest BCUT2D eigenvalue weighted by Gasteiger charge is -2.24. The van der Waals surface area contributed by atoms with Crippen LogP contribution in [0.5, 0.6) is 0 Å². The predicted molar refractivity (Wildman–Crippen MR) is 80.9 cm³/mol. The van der Waals surface area contributed by atoms with Gasteiger partial charge in [0.15, 0.2) is 0 Å². The van der Waals surface area contributed by atoms with Crippen molar-refractivity contribution < 1.29 is 9.90 Å². The third-order valence-corrected chi connectivity index (χ3v) is 3.39. The first kappa shape index (κ1) is 14.8. The molecule has 0 aromatic heterocycles. The summed E-state index contributed by atoms with van der Waals surface area (Å²) in [5.74, 6) is -1.08. The summed E-state index contributed by atoms with van der Waals surface area (Å²) < 4.78 is 0. The quantitative estimate of drug-likeness (QED) is 0.900. The third-order valence-electron chi connectivity index (χ3n) is 3.39. The summed E-state index contributed by atoms with van der Waals surface area (Å²) >= 11 is 0. The van der Waals surface area contributed by atoms with Crippen LogP contribution in [0.4, 0.5) is 5.69 Å². The summed E-state index contributed by atoms with van der Waals surface area (Å²) in [4.78, 5) is 11.4. The number of aliphatic carboxylic acids is 1. The molecule has 0 fully saturated rings. The van der Waals surface area contributed by atoms with Crippen LogP contribution in [0.25, 0.3) is 0 Å². The van der Waals surface area contributed by atoms with Gasteiger partial charge in [-0.25, -0.2) is 9.80 Å². The van der Waals surface area contributed by atoms with Gasteiger partial charge in [-0.3, -0.25) is 0 Å². The molecule has 1 aliphatic rings. The Morgan fingerprint density at radius 2 is 2.33 bits per heavy atom. The molecule has 5 heteroatoms. The second-order valence-electron chi connectivity index (χ2n) is 4.91. The molecule has 0 amide bonds. The zero-order chi connectivity index (χ0) is 15.2. The van der Waals surface area contributed by atoms with Crippen LogP contribution < -0.4 is 5.01 Å². The van der Waals surface area contributed by atoms with Gasteiger partial charge in [0.05, 0.1) is 22.9 Å². The lowest BCUT2D eigenvalue weighted by Crippen LogP contribution is -2.24. The maximum Gasteiger partial charge on any atom is 0.333 e. The van der Waals surface area contributed by atoms with Crippen molar-refractivity contribution in [2.45, 2.75) is 26.2 Å². The SMILES string of the molecule is CCCCC1C=NN(c2cccc(C#N)c2)C=C1C(=O)O. The Hall–Kier alpha value is -2.61. The molecule has 21 heavy (non-hydrogen) atoms. The fourth-order valence-corrected chi connectivity index (χ4v) is 2.22. The summed E-state index contributed by atoms with van der Waals surface area (Å²) in [5.41, 5.74) is 1.53. The smallest absolute Gasteiger partial charge is 0.333 e. The third kappa shape index (κ3) is 3.48. The number of hydrogen-bond donors (Lipinski definition) is 1. The highest BCUT2D eigenvalue weighted by atomic mass is 16.4. The van der Waals surface area contributed by atoms with E-state index in [4.69, 9.17) is 5.26 Å². The van der Waals surface area contributed by atoms with Crippen molar-refractivity contribution in [1.82, 2.24) is 0 Å². The van der Waals surface area contributed by atoms with E-state index in [1.165, 1.54) is 5.01 Å². The van der Waals surface area contributed by atoms with Gasteiger partial charge < -0.3 is 5.11 Å². The average Bonchev–Trinajstić information content (AvgIpc) is 2.52. The number of benzene rings is 1. The number of carbonyl (C=O) groups is 1. The number of carboxylic acids is 1. The van der Waals surface area contributed by atoms with Crippen molar-refractivity contribution in [2.24, 2.45) is 11.0 Å². The monoisotopic (exact) mass is 283 g/mol. The van der Waals surface area contributed by atoms with Gasteiger partial charge in [-0.05, 0) is 24.6 Å². The number of nitrogens with zero attached hydrogens (tertiary/aromatic N) is 3. The minimum absolute atomic E-state index is 0.155. The van der Waals surface area contributed by atoms with Gasteiger partial charge in [-0.1, -0.05) is 25.8 Å². The highest BCUT2D eigenvalue weighted by Crippen LogP contribution is 2.25. The molecular weight excluding hydrogens is 266 g/mol. The maximum absolute atomic E-state index is 11.4. The average molecular weight is 283 g/mol. The molecule has 1 atom stereocenters. The topological polar surface area (TPSA) is 76.7 Å². The van der Waals surface area contributed by atoms with Gasteiger partial charge >= 0.3 is 5.97 Å². The zero-order valence-electron chi connectivity index (χ0n) is 11.9. The molecule has 0 spiro atoms. The van der Waals surface area contributed by atoms with E-state index in [1.807, 2.05) is 0 Å². The van der Waals surface area contributed by atoms with Gasteiger partial charge in [0.2, 0.25) is 0 Å². The number of hydrogen-bond acceptors (Lipinski definition) is 4. The molecule has 2 rings (SSSR count). The molecule has 1 aromatic rings. The Balaban J connectivity index is 2.27. The first-order chi connectivity index (χ1) is 10.2. The zero-order valence-corrected chi connectivity index (χ0v) is 11.9. The Morgan fingerprint density at radius 3 is 3.00 bits per heavy atom. The first-order valence-corrected chi connectivity index (χ1v) is 6.94. The number of nitriles is 1. The van der Waals surface area contributed by atoms with Gasteiger partial charge in [-0.15, -0.1) is 0 Å². The standard InChI is InChI=1S/C16H17N3O2/c1-2-3-6-13-10-18-19(11-15(13)16(20)21)14-7-4-5-12(8-14)9-17/h4-5,7-8,10-11,13H,2-3,6H2,1H3,(H,20,21). The first-order valence-electron chi connectivity index (χ1n) is 6.94. The molecular formula is C16H17N3O2. The molecule has 0 saturated heterocycles. The van der Waals surface area contributed by atoms with Crippen LogP contribution in [0.1, 0.15) is 31.7 Å². The molecule has 1 N–H and O–H groups in total. The summed E-state index contributed by atoms with van der Waals surface area (Å²) in [6.45, 7) is 2.07. The van der Waals surface area contributed by atoms with Crippen LogP contribution in [0, 0.1) is 17.2 Å². The summed E-state index contributed by atoms with van der Waals surface area (Å²) in [6, 6.07) is 8.98. The summed E-state index contributed by atoms with van der Waals surface area (Å²) in [6.07, 6.45) is 5.98. The number of anilines is 1. The molecule has 1 aromatic carbocycles. The van der Waals surface area contributed by atoms with E-state index in [0.717, 1.165) is 19.3 Å². The minimum Gasteiger partial charge on any atom is -0.478 e. The molecule has 0 saturated carbocycles. The predicted octanol–water partition coefficient (Wildman–Crippen LogP) is 3.14. The molecule has 1 unspecified atom stereocenters. The van der Waals surface area contributed by atoms with Crippen LogP contribution in [0.2, 0.25) is 0 Å². The fraction of sp³-hybridized carbons (Fsp3) is 0.312. The van der Waals surface area contributed by atoms with E-state index < -0.39 is 5.97 Å². The molecule has 5 nitrogen and oxygen atoms in total. The molecule has 1 aliphatic heterocycles. The van der Waals surface area contributed by atoms with Gasteiger partial charge in [0, 0.05) is 18.3 Å². The van der Waals surface area contributed by atoms with Crippen molar-refractivity contribution in [3.63, 3.8) is 0 Å². The van der Waals surface area contributed by atoms with Crippen LogP contribution in [0.15, 0.2) is 41.1 Å². The van der Waals surface area contributed by atoms with Crippen molar-refractivity contribution in [2.75, 3.05) is 5.01 Å². The van der Waals surface area contributed by atoms with Crippen LogP contribution in [-0.2, 0) is 4.79 Å². The second-order valence-corrected chi connectivity index (χ2v) is 4.91. The Kier molecular flexibility index (Phi) is 4.72. The van der Waals surface area contributed by atoms with E-state index in [0.29, 0.717) is 16.8 Å². The second kappa shape index (κ2) is 6.71. The number of carboxylic acid groups (broad SMARTS) is 1. The van der Waals surface area contributed by atoms with Crippen molar-refractivity contribution in [3.8, 4) is 6.07 Å². The Labute approximate surface area is 123 Å². The van der Waals surface area contributed by atoms with Gasteiger partial charge in [-0.2, -0.15) is 10.4 Å². The largest absolute Gasteiger partial charge is 0.478 e. The Morgan fingerprint density at radius 1 is 1.52 bits per heavy atom. The van der Waals surface area contributed by atoms with E-state index in [9.17, 15) is 9.90 Å². The normalized spacial score (nSPS) is 17.2. The Bertz CT molecular complexity index is 629. The van der Waals surface area contributed by atoms with E-state index in [-0.39, 0.29) is 5.92 Å². The maximum atomic E-state index is 11.4. The highest BCUT2D eigenvalue weighted by molar-refractivity contribution is 5.93. The van der Waals surface area contributed by atoms with E-state index >= 15 is 0 Å². The lowest BCUT2D eigenvalue weighted by molar-refractivity contribution is -0.133. The fourth-order valence-electron chi connectivity index (χ4n) is 2.22. The molecule has 1 heterocycles. The summed E-state index contributed by atoms with van der Waals surface area (Å²) in [7, 11) is 0. The van der Waals surface area contributed by atoms with Crippen LogP contribution >= 0.6 is 0 Å². The van der Waals surface area contributed by atoms with Crippen LogP contribution in [0.3, 0.4) is 0 Å². The lowest BCUT2D eigenvalue weighted by atomic mass is 9.94. The van der Waals surface area contributed by atoms with Crippen molar-refractivity contribution >= 4 is 17.9 Å². The number of rotatable bonds is 5. The number of unbranched alkanes of at least 4 members (excludes halogenated alkanes) is 1. The summed E-state index contributed by atoms with van der Waals surface area (Å²) in [5, 5.41) is 24.1. The molecule has 108 valence electrons. The van der Waals surface area contributed by atoms with Gasteiger partial charge in [0.25, 0.3) is 0 Å². The van der Waals surface area contributed by atoms with Crippen molar-refractivity contribution in [1.29, 1.82) is 5.26 Å².